The Morgan fingerprint density at radius 2 is 2.11 bits per heavy atom. The second-order valence-electron chi connectivity index (χ2n) is 4.06. The van der Waals surface area contributed by atoms with Crippen LogP contribution in [0.15, 0.2) is 22.7 Å². The molecule has 0 heterocycles. The molecular formula is C13H14BrNO3. The minimum Gasteiger partial charge on any atom is -0.477 e. The molecule has 5 heteroatoms. The number of methoxy groups -OCH3 is 1. The zero-order valence-electron chi connectivity index (χ0n) is 10.4. The second kappa shape index (κ2) is 6.41. The summed E-state index contributed by atoms with van der Waals surface area (Å²) in [6.07, 6.45) is -0.694. The zero-order valence-corrected chi connectivity index (χ0v) is 12.0. The van der Waals surface area contributed by atoms with Gasteiger partial charge in [-0.25, -0.2) is 4.79 Å². The third-order valence-electron chi connectivity index (χ3n) is 2.35. The third-order valence-corrected chi connectivity index (χ3v) is 3.01. The van der Waals surface area contributed by atoms with E-state index in [9.17, 15) is 4.79 Å². The van der Waals surface area contributed by atoms with Crippen molar-refractivity contribution in [2.75, 3.05) is 7.11 Å². The average molecular weight is 312 g/mol. The topological polar surface area (TPSA) is 59.3 Å². The molecule has 0 radical (unpaired) electrons. The molecule has 0 aliphatic heterocycles. The van der Waals surface area contributed by atoms with Gasteiger partial charge in [0.2, 0.25) is 0 Å². The Morgan fingerprint density at radius 3 is 2.61 bits per heavy atom. The Balaban J connectivity index is 3.01. The SMILES string of the molecule is COC(=O)C(Oc1cc(C#N)ccc1Br)C(C)C. The summed E-state index contributed by atoms with van der Waals surface area (Å²) in [4.78, 5) is 11.6. The van der Waals surface area contributed by atoms with Crippen LogP contribution >= 0.6 is 15.9 Å². The summed E-state index contributed by atoms with van der Waals surface area (Å²) < 4.78 is 11.0. The molecule has 0 fully saturated rings. The highest BCUT2D eigenvalue weighted by Gasteiger charge is 2.25. The first-order chi connectivity index (χ1) is 8.49. The van der Waals surface area contributed by atoms with E-state index >= 15 is 0 Å². The maximum Gasteiger partial charge on any atom is 0.347 e. The first kappa shape index (κ1) is 14.5. The molecule has 18 heavy (non-hydrogen) atoms. The fourth-order valence-corrected chi connectivity index (χ4v) is 1.71. The molecule has 0 saturated carbocycles. The maximum atomic E-state index is 11.6. The summed E-state index contributed by atoms with van der Waals surface area (Å²) in [5, 5.41) is 8.84. The van der Waals surface area contributed by atoms with E-state index in [0.717, 1.165) is 0 Å². The number of hydrogen-bond donors (Lipinski definition) is 0. The number of carbonyl (C=O) groups excluding carboxylic acids is 1. The Hall–Kier alpha value is -1.54. The largest absolute Gasteiger partial charge is 0.477 e. The first-order valence-corrected chi connectivity index (χ1v) is 6.23. The van der Waals surface area contributed by atoms with E-state index < -0.39 is 12.1 Å². The molecule has 1 rings (SSSR count). The standard InChI is InChI=1S/C13H14BrNO3/c1-8(2)12(13(16)17-3)18-11-6-9(7-15)4-5-10(11)14/h4-6,8,12H,1-3H3. The quantitative estimate of drug-likeness (QED) is 0.802. The highest BCUT2D eigenvalue weighted by Crippen LogP contribution is 2.28. The Morgan fingerprint density at radius 1 is 1.44 bits per heavy atom. The van der Waals surface area contributed by atoms with Crippen molar-refractivity contribution in [2.45, 2.75) is 20.0 Å². The Labute approximate surface area is 115 Å². The lowest BCUT2D eigenvalue weighted by atomic mass is 10.1. The predicted octanol–water partition coefficient (Wildman–Crippen LogP) is 2.90. The number of esters is 1. The molecule has 4 nitrogen and oxygen atoms in total. The van der Waals surface area contributed by atoms with Crippen molar-refractivity contribution in [1.82, 2.24) is 0 Å². The lowest BCUT2D eigenvalue weighted by Crippen LogP contribution is -2.33. The fraction of sp³-hybridized carbons (Fsp3) is 0.385. The van der Waals surface area contributed by atoms with Gasteiger partial charge < -0.3 is 9.47 Å². The molecule has 1 unspecified atom stereocenters. The molecule has 0 aliphatic rings. The first-order valence-electron chi connectivity index (χ1n) is 5.43. The van der Waals surface area contributed by atoms with Gasteiger partial charge in [-0.05, 0) is 34.1 Å². The van der Waals surface area contributed by atoms with Crippen LogP contribution in [0.4, 0.5) is 0 Å². The maximum absolute atomic E-state index is 11.6. The Bertz CT molecular complexity index is 480. The van der Waals surface area contributed by atoms with Crippen molar-refractivity contribution >= 4 is 21.9 Å². The number of halogens is 1. The summed E-state index contributed by atoms with van der Waals surface area (Å²) in [5.41, 5.74) is 0.473. The minimum atomic E-state index is -0.694. The molecule has 1 aromatic carbocycles. The number of nitrogens with zero attached hydrogens (tertiary/aromatic N) is 1. The van der Waals surface area contributed by atoms with E-state index in [1.54, 1.807) is 18.2 Å². The highest BCUT2D eigenvalue weighted by molar-refractivity contribution is 9.10. The summed E-state index contributed by atoms with van der Waals surface area (Å²) in [6, 6.07) is 6.99. The van der Waals surface area contributed by atoms with Gasteiger partial charge in [0, 0.05) is 5.92 Å². The highest BCUT2D eigenvalue weighted by atomic mass is 79.9. The normalized spacial score (nSPS) is 11.8. The van der Waals surface area contributed by atoms with Crippen molar-refractivity contribution in [1.29, 1.82) is 5.26 Å². The van der Waals surface area contributed by atoms with Crippen molar-refractivity contribution in [3.63, 3.8) is 0 Å². The molecule has 0 saturated heterocycles. The lowest BCUT2D eigenvalue weighted by Gasteiger charge is -2.20. The summed E-state index contributed by atoms with van der Waals surface area (Å²) in [5.74, 6) is -0.00694. The predicted molar refractivity (Wildman–Crippen MR) is 70.1 cm³/mol. The van der Waals surface area contributed by atoms with Gasteiger partial charge in [-0.3, -0.25) is 0 Å². The molecule has 0 aromatic heterocycles. The molecule has 0 spiro atoms. The van der Waals surface area contributed by atoms with E-state index in [0.29, 0.717) is 15.8 Å². The van der Waals surface area contributed by atoms with Crippen LogP contribution in [-0.2, 0) is 9.53 Å². The minimum absolute atomic E-state index is 0.0323. The van der Waals surface area contributed by atoms with E-state index in [1.165, 1.54) is 7.11 Å². The number of hydrogen-bond acceptors (Lipinski definition) is 4. The van der Waals surface area contributed by atoms with Gasteiger partial charge >= 0.3 is 5.97 Å². The van der Waals surface area contributed by atoms with Crippen LogP contribution in [0.5, 0.6) is 5.75 Å². The third kappa shape index (κ3) is 3.47. The molecular weight excluding hydrogens is 298 g/mol. The monoisotopic (exact) mass is 311 g/mol. The molecule has 96 valence electrons. The molecule has 1 aromatic rings. The van der Waals surface area contributed by atoms with Crippen molar-refractivity contribution in [3.8, 4) is 11.8 Å². The van der Waals surface area contributed by atoms with Gasteiger partial charge in [0.25, 0.3) is 0 Å². The van der Waals surface area contributed by atoms with Crippen LogP contribution in [0, 0.1) is 17.2 Å². The number of nitriles is 1. The van der Waals surface area contributed by atoms with E-state index in [4.69, 9.17) is 14.7 Å². The number of benzene rings is 1. The van der Waals surface area contributed by atoms with Crippen molar-refractivity contribution < 1.29 is 14.3 Å². The molecule has 0 bridgehead atoms. The molecule has 0 amide bonds. The van der Waals surface area contributed by atoms with E-state index in [2.05, 4.69) is 15.9 Å². The van der Waals surface area contributed by atoms with Gasteiger partial charge in [0.1, 0.15) is 5.75 Å². The van der Waals surface area contributed by atoms with Crippen LogP contribution < -0.4 is 4.74 Å². The number of rotatable bonds is 4. The zero-order chi connectivity index (χ0) is 13.7. The van der Waals surface area contributed by atoms with E-state index in [-0.39, 0.29) is 5.92 Å². The summed E-state index contributed by atoms with van der Waals surface area (Å²) in [7, 11) is 1.32. The lowest BCUT2D eigenvalue weighted by molar-refractivity contribution is -0.150. The molecule has 0 aliphatic carbocycles. The smallest absolute Gasteiger partial charge is 0.347 e. The molecule has 0 N–H and O–H groups in total. The summed E-state index contributed by atoms with van der Waals surface area (Å²) >= 11 is 3.32. The average Bonchev–Trinajstić information content (AvgIpc) is 2.36. The van der Waals surface area contributed by atoms with E-state index in [1.807, 2.05) is 19.9 Å². The van der Waals surface area contributed by atoms with Crippen LogP contribution in [0.1, 0.15) is 19.4 Å². The Kier molecular flexibility index (Phi) is 5.17. The van der Waals surface area contributed by atoms with Crippen LogP contribution in [0.3, 0.4) is 0 Å². The second-order valence-corrected chi connectivity index (χ2v) is 4.92. The van der Waals surface area contributed by atoms with Gasteiger partial charge in [-0.2, -0.15) is 5.26 Å². The number of carbonyl (C=O) groups is 1. The van der Waals surface area contributed by atoms with Crippen molar-refractivity contribution in [3.05, 3.63) is 28.2 Å². The van der Waals surface area contributed by atoms with Gasteiger partial charge in [0.15, 0.2) is 6.10 Å². The van der Waals surface area contributed by atoms with Crippen molar-refractivity contribution in [2.24, 2.45) is 5.92 Å². The van der Waals surface area contributed by atoms with Crippen LogP contribution in [0.25, 0.3) is 0 Å². The molecule has 1 atom stereocenters. The fourth-order valence-electron chi connectivity index (χ4n) is 1.37. The van der Waals surface area contributed by atoms with Gasteiger partial charge in [-0.15, -0.1) is 0 Å². The van der Waals surface area contributed by atoms with Gasteiger partial charge in [-0.1, -0.05) is 13.8 Å². The van der Waals surface area contributed by atoms with Crippen LogP contribution in [-0.4, -0.2) is 19.2 Å². The number of ether oxygens (including phenoxy) is 2. The van der Waals surface area contributed by atoms with Crippen LogP contribution in [0.2, 0.25) is 0 Å². The summed E-state index contributed by atoms with van der Waals surface area (Å²) in [6.45, 7) is 3.73. The van der Waals surface area contributed by atoms with Gasteiger partial charge in [0.05, 0.1) is 23.2 Å².